The van der Waals surface area contributed by atoms with Crippen molar-refractivity contribution in [3.05, 3.63) is 35.4 Å². The van der Waals surface area contributed by atoms with Crippen LogP contribution >= 0.6 is 0 Å². The first-order valence-electron chi connectivity index (χ1n) is 12.0. The Hall–Kier alpha value is -2.41. The number of rotatable bonds is 11. The van der Waals surface area contributed by atoms with E-state index < -0.39 is 29.5 Å². The molecule has 0 aromatic heterocycles. The van der Waals surface area contributed by atoms with Gasteiger partial charge in [0.25, 0.3) is 0 Å². The van der Waals surface area contributed by atoms with Gasteiger partial charge in [0.15, 0.2) is 0 Å². The van der Waals surface area contributed by atoms with Gasteiger partial charge in [0.2, 0.25) is 5.91 Å². The first-order valence-corrected chi connectivity index (χ1v) is 12.0. The Bertz CT molecular complexity index is 797. The van der Waals surface area contributed by atoms with Crippen molar-refractivity contribution in [2.24, 2.45) is 5.92 Å². The van der Waals surface area contributed by atoms with E-state index in [1.54, 1.807) is 13.8 Å². The number of benzene rings is 1. The number of aliphatic carboxylic acids is 1. The second kappa shape index (κ2) is 12.2. The number of ether oxygens (including phenoxy) is 1. The average molecular weight is 461 g/mol. The predicted octanol–water partition coefficient (Wildman–Crippen LogP) is 3.89. The Morgan fingerprint density at radius 3 is 2.18 bits per heavy atom. The molecule has 1 aromatic carbocycles. The highest BCUT2D eigenvalue weighted by Gasteiger charge is 2.44. The van der Waals surface area contributed by atoms with E-state index in [4.69, 9.17) is 4.74 Å². The summed E-state index contributed by atoms with van der Waals surface area (Å²) < 4.78 is 6.22. The first kappa shape index (κ1) is 26.8. The third kappa shape index (κ3) is 7.84. The number of nitrogens with one attached hydrogen (secondary N) is 1. The van der Waals surface area contributed by atoms with Gasteiger partial charge in [-0.2, -0.15) is 0 Å². The number of nitrogens with zero attached hydrogens (tertiary/aromatic N) is 1. The van der Waals surface area contributed by atoms with Gasteiger partial charge < -0.3 is 20.1 Å². The number of hydrogen-bond acceptors (Lipinski definition) is 5. The minimum Gasteiger partial charge on any atom is -0.480 e. The summed E-state index contributed by atoms with van der Waals surface area (Å²) in [6.45, 7) is 6.28. The van der Waals surface area contributed by atoms with Crippen LogP contribution in [0.3, 0.4) is 0 Å². The van der Waals surface area contributed by atoms with Gasteiger partial charge in [-0.05, 0) is 58.2 Å². The van der Waals surface area contributed by atoms with Gasteiger partial charge in [0, 0.05) is 18.9 Å². The lowest BCUT2D eigenvalue weighted by molar-refractivity contribution is -0.168. The zero-order chi connectivity index (χ0) is 24.6. The number of carboxylic acids is 1. The molecule has 1 aliphatic rings. The normalized spacial score (nSPS) is 17.4. The zero-order valence-electron chi connectivity index (χ0n) is 20.7. The molecule has 0 spiro atoms. The Balaban J connectivity index is 2.14. The maximum atomic E-state index is 12.9. The van der Waals surface area contributed by atoms with E-state index in [2.05, 4.69) is 41.4 Å². The number of amides is 1. The third-order valence-corrected chi connectivity index (χ3v) is 6.48. The summed E-state index contributed by atoms with van der Waals surface area (Å²) in [6.07, 6.45) is 4.55. The summed E-state index contributed by atoms with van der Waals surface area (Å²) in [6, 6.07) is 7.46. The van der Waals surface area contributed by atoms with E-state index in [1.165, 1.54) is 5.56 Å². The van der Waals surface area contributed by atoms with Crippen molar-refractivity contribution in [3.63, 3.8) is 0 Å². The molecule has 7 nitrogen and oxygen atoms in total. The molecule has 1 aliphatic carbocycles. The molecule has 2 rings (SSSR count). The number of aryl methyl sites for hydroxylation is 1. The van der Waals surface area contributed by atoms with E-state index in [-0.39, 0.29) is 24.7 Å². The summed E-state index contributed by atoms with van der Waals surface area (Å²) in [7, 11) is 4.05. The second-order valence-corrected chi connectivity index (χ2v) is 9.95. The number of likely N-dealkylation sites (N-methyl/N-ethyl adjacent to an activating group) is 1. The minimum absolute atomic E-state index is 0.0310. The van der Waals surface area contributed by atoms with Crippen LogP contribution in [0, 0.1) is 12.8 Å². The monoisotopic (exact) mass is 460 g/mol. The summed E-state index contributed by atoms with van der Waals surface area (Å²) in [5, 5.41) is 11.8. The van der Waals surface area contributed by atoms with Crippen LogP contribution in [0.5, 0.6) is 0 Å². The van der Waals surface area contributed by atoms with Crippen LogP contribution < -0.4 is 5.32 Å². The van der Waals surface area contributed by atoms with Crippen LogP contribution in [0.4, 0.5) is 0 Å². The zero-order valence-corrected chi connectivity index (χ0v) is 20.7. The molecular formula is C26H40N2O5. The molecule has 0 heterocycles. The molecule has 1 fully saturated rings. The highest BCUT2D eigenvalue weighted by Crippen LogP contribution is 2.43. The van der Waals surface area contributed by atoms with Crippen LogP contribution in [0.2, 0.25) is 0 Å². The number of hydrogen-bond donors (Lipinski definition) is 2. The van der Waals surface area contributed by atoms with Crippen molar-refractivity contribution >= 4 is 17.8 Å². The largest absolute Gasteiger partial charge is 0.480 e. The minimum atomic E-state index is -1.08. The number of carbonyl (C=O) groups excluding carboxylic acids is 2. The van der Waals surface area contributed by atoms with Gasteiger partial charge in [-0.15, -0.1) is 0 Å². The van der Waals surface area contributed by atoms with Crippen LogP contribution in [0.15, 0.2) is 24.3 Å². The molecule has 1 aromatic rings. The average Bonchev–Trinajstić information content (AvgIpc) is 2.75. The topological polar surface area (TPSA) is 95.9 Å². The quantitative estimate of drug-likeness (QED) is 0.487. The molecule has 0 aliphatic heterocycles. The highest BCUT2D eigenvalue weighted by molar-refractivity contribution is 5.86. The van der Waals surface area contributed by atoms with E-state index in [0.717, 1.165) is 44.2 Å². The van der Waals surface area contributed by atoms with Crippen molar-refractivity contribution < 1.29 is 24.2 Å². The van der Waals surface area contributed by atoms with Crippen LogP contribution in [0.1, 0.15) is 75.8 Å². The Labute approximate surface area is 197 Å². The number of carbonyl (C=O) groups is 3. The van der Waals surface area contributed by atoms with Crippen molar-refractivity contribution in [1.29, 1.82) is 0 Å². The molecular weight excluding hydrogens is 420 g/mol. The van der Waals surface area contributed by atoms with Crippen LogP contribution in [-0.2, 0) is 19.1 Å². The predicted molar refractivity (Wildman–Crippen MR) is 128 cm³/mol. The maximum Gasteiger partial charge on any atom is 0.326 e. The van der Waals surface area contributed by atoms with Crippen molar-refractivity contribution in [2.45, 2.75) is 83.3 Å². The van der Waals surface area contributed by atoms with E-state index in [1.807, 2.05) is 14.1 Å². The summed E-state index contributed by atoms with van der Waals surface area (Å²) >= 11 is 0. The summed E-state index contributed by atoms with van der Waals surface area (Å²) in [5.41, 5.74) is 1.74. The van der Waals surface area contributed by atoms with Gasteiger partial charge in [-0.25, -0.2) is 4.79 Å². The van der Waals surface area contributed by atoms with Crippen LogP contribution in [-0.4, -0.2) is 60.1 Å². The molecule has 2 atom stereocenters. The first-order chi connectivity index (χ1) is 15.5. The number of carboxylic acid groups (broad SMARTS) is 1. The molecule has 1 unspecified atom stereocenters. The van der Waals surface area contributed by atoms with Crippen LogP contribution in [0.25, 0.3) is 0 Å². The Morgan fingerprint density at radius 2 is 1.67 bits per heavy atom. The van der Waals surface area contributed by atoms with Crippen molar-refractivity contribution in [2.75, 3.05) is 20.6 Å². The molecule has 0 saturated heterocycles. The molecule has 0 radical (unpaired) electrons. The SMILES string of the molecule is Cc1ccc(C(CN(C)C)C2(OC(=O)CCC(=O)N[C@H](C(=O)O)C(C)C)CCCCC2)cc1. The van der Waals surface area contributed by atoms with Gasteiger partial charge in [0.1, 0.15) is 11.6 Å². The van der Waals surface area contributed by atoms with Gasteiger partial charge >= 0.3 is 11.9 Å². The maximum absolute atomic E-state index is 12.9. The summed E-state index contributed by atoms with van der Waals surface area (Å²) in [5.74, 6) is -2.14. The molecule has 0 bridgehead atoms. The fourth-order valence-electron chi connectivity index (χ4n) is 4.66. The Morgan fingerprint density at radius 1 is 1.06 bits per heavy atom. The van der Waals surface area contributed by atoms with Gasteiger partial charge in [-0.1, -0.05) is 50.1 Å². The van der Waals surface area contributed by atoms with Gasteiger partial charge in [0.05, 0.1) is 6.42 Å². The highest BCUT2D eigenvalue weighted by atomic mass is 16.6. The molecule has 2 N–H and O–H groups in total. The van der Waals surface area contributed by atoms with E-state index in [0.29, 0.717) is 0 Å². The lowest BCUT2D eigenvalue weighted by Gasteiger charge is -2.44. The fourth-order valence-corrected chi connectivity index (χ4v) is 4.66. The second-order valence-electron chi connectivity index (χ2n) is 9.95. The van der Waals surface area contributed by atoms with Crippen molar-refractivity contribution in [1.82, 2.24) is 10.2 Å². The third-order valence-electron chi connectivity index (χ3n) is 6.48. The van der Waals surface area contributed by atoms with Gasteiger partial charge in [-0.3, -0.25) is 9.59 Å². The lowest BCUT2D eigenvalue weighted by Crippen LogP contribution is -2.47. The summed E-state index contributed by atoms with van der Waals surface area (Å²) in [4.78, 5) is 38.7. The van der Waals surface area contributed by atoms with E-state index in [9.17, 15) is 19.5 Å². The lowest BCUT2D eigenvalue weighted by atomic mass is 9.72. The fraction of sp³-hybridized carbons (Fsp3) is 0.654. The standard InChI is InChI=1S/C26H40N2O5/c1-18(2)24(25(31)32)27-22(29)13-14-23(30)33-26(15-7-6-8-16-26)21(17-28(4)5)20-11-9-19(3)10-12-20/h9-12,18,21,24H,6-8,13-17H2,1-5H3,(H,27,29)(H,31,32)/t21?,24-/m0/s1. The molecule has 7 heteroatoms. The molecule has 1 saturated carbocycles. The Kier molecular flexibility index (Phi) is 9.89. The smallest absolute Gasteiger partial charge is 0.326 e. The number of esters is 1. The molecule has 1 amide bonds. The van der Waals surface area contributed by atoms with E-state index >= 15 is 0 Å². The van der Waals surface area contributed by atoms with Crippen molar-refractivity contribution in [3.8, 4) is 0 Å². The molecule has 184 valence electrons. The molecule has 33 heavy (non-hydrogen) atoms.